The highest BCUT2D eigenvalue weighted by Crippen LogP contribution is 2.26. The van der Waals surface area contributed by atoms with E-state index in [1.807, 2.05) is 53.1 Å². The molecule has 7 nitrogen and oxygen atoms in total. The summed E-state index contributed by atoms with van der Waals surface area (Å²) >= 11 is 6.36. The Kier molecular flexibility index (Phi) is 12.5. The molecule has 0 saturated heterocycles. The van der Waals surface area contributed by atoms with Crippen molar-refractivity contribution in [1.82, 2.24) is 14.9 Å². The topological polar surface area (TPSA) is 110 Å². The number of halogens is 1. The maximum Gasteiger partial charge on any atom is 0.173 e. The molecule has 0 aliphatic rings. The minimum absolute atomic E-state index is 0.285. The quantitative estimate of drug-likeness (QED) is 0.127. The van der Waals surface area contributed by atoms with E-state index in [0.29, 0.717) is 16.4 Å². The number of benzene rings is 1. The average Bonchev–Trinajstić information content (AvgIpc) is 2.80. The standard InChI is InChI=1S/C20H29ClN7P.C5H8/c1-12(18(21)13(2)29)28(24)20(26-23)17-9-16(10-25-19(17)22)15-7-5-14(6-8-15)11-27(3)4;1-3-5-4-2/h5-10,12H,11,23-24,29H2,1-4H3,(H2,22,25);3-5H,1H2,2H3/b18-13-,26-20-;5-4-. The van der Waals surface area contributed by atoms with E-state index >= 15 is 0 Å². The van der Waals surface area contributed by atoms with Gasteiger partial charge in [-0.3, -0.25) is 5.01 Å². The highest BCUT2D eigenvalue weighted by Gasteiger charge is 2.22. The number of aromatic nitrogens is 1. The Morgan fingerprint density at radius 3 is 2.32 bits per heavy atom. The lowest BCUT2D eigenvalue weighted by Crippen LogP contribution is -2.45. The van der Waals surface area contributed by atoms with Crippen molar-refractivity contribution in [1.29, 1.82) is 0 Å². The Balaban J connectivity index is 0.00000104. The van der Waals surface area contributed by atoms with E-state index in [1.54, 1.807) is 12.3 Å². The van der Waals surface area contributed by atoms with Gasteiger partial charge in [-0.05, 0) is 57.4 Å². The SMILES string of the molecule is C/C(P)=C(/Cl)C(C)N(N)/C(=N\N)c1cc(-c2ccc(CN(C)C)cc2)cnc1N.C=C/C=C\C. The summed E-state index contributed by atoms with van der Waals surface area (Å²) in [6.45, 7) is 10.0. The molecule has 1 aromatic heterocycles. The predicted molar refractivity (Wildman–Crippen MR) is 151 cm³/mol. The monoisotopic (exact) mass is 501 g/mol. The number of hydrogen-bond donors (Lipinski definition) is 3. The average molecular weight is 502 g/mol. The summed E-state index contributed by atoms with van der Waals surface area (Å²) in [6, 6.07) is 9.82. The van der Waals surface area contributed by atoms with E-state index in [-0.39, 0.29) is 11.9 Å². The first kappa shape index (κ1) is 29.3. The predicted octanol–water partition coefficient (Wildman–Crippen LogP) is 4.67. The number of hydrazone groups is 1. The van der Waals surface area contributed by atoms with Crippen LogP contribution in [-0.4, -0.2) is 40.9 Å². The van der Waals surface area contributed by atoms with Gasteiger partial charge in [0, 0.05) is 23.3 Å². The summed E-state index contributed by atoms with van der Waals surface area (Å²) in [6.07, 6.45) is 7.30. The number of nitrogens with two attached hydrogens (primary N) is 3. The molecule has 0 amide bonds. The fraction of sp³-hybridized carbons (Fsp3) is 0.280. The lowest BCUT2D eigenvalue weighted by atomic mass is 10.0. The normalized spacial score (nSPS) is 13.3. The van der Waals surface area contributed by atoms with Crippen LogP contribution in [-0.2, 0) is 6.54 Å². The van der Waals surface area contributed by atoms with Crippen molar-refractivity contribution < 1.29 is 0 Å². The number of rotatable bonds is 7. The fourth-order valence-electron chi connectivity index (χ4n) is 3.03. The number of amidine groups is 1. The second-order valence-corrected chi connectivity index (χ2v) is 9.19. The van der Waals surface area contributed by atoms with E-state index in [2.05, 4.69) is 55.1 Å². The number of pyridine rings is 1. The number of anilines is 1. The summed E-state index contributed by atoms with van der Waals surface area (Å²) in [5.41, 5.74) is 9.77. The van der Waals surface area contributed by atoms with E-state index in [4.69, 9.17) is 29.0 Å². The van der Waals surface area contributed by atoms with Crippen molar-refractivity contribution in [3.05, 3.63) is 82.8 Å². The molecule has 0 aliphatic carbocycles. The summed E-state index contributed by atoms with van der Waals surface area (Å²) < 4.78 is 0. The largest absolute Gasteiger partial charge is 0.383 e. The Morgan fingerprint density at radius 2 is 1.88 bits per heavy atom. The Labute approximate surface area is 211 Å². The van der Waals surface area contributed by atoms with E-state index in [9.17, 15) is 0 Å². The van der Waals surface area contributed by atoms with E-state index in [0.717, 1.165) is 23.0 Å². The molecule has 0 fully saturated rings. The second-order valence-electron chi connectivity index (χ2n) is 7.92. The number of allylic oxidation sites excluding steroid dienone is 4. The van der Waals surface area contributed by atoms with Gasteiger partial charge in [-0.1, -0.05) is 60.7 Å². The molecule has 34 heavy (non-hydrogen) atoms. The van der Waals surface area contributed by atoms with Gasteiger partial charge in [-0.25, -0.2) is 10.8 Å². The van der Waals surface area contributed by atoms with Crippen molar-refractivity contribution >= 4 is 32.5 Å². The van der Waals surface area contributed by atoms with Gasteiger partial charge in [-0.2, -0.15) is 5.10 Å². The van der Waals surface area contributed by atoms with Crippen molar-refractivity contribution in [2.24, 2.45) is 16.8 Å². The summed E-state index contributed by atoms with van der Waals surface area (Å²) in [4.78, 5) is 6.44. The lowest BCUT2D eigenvalue weighted by molar-refractivity contribution is 0.388. The van der Waals surface area contributed by atoms with Gasteiger partial charge in [0.1, 0.15) is 5.82 Å². The van der Waals surface area contributed by atoms with Crippen molar-refractivity contribution in [3.63, 3.8) is 0 Å². The molecule has 2 atom stereocenters. The van der Waals surface area contributed by atoms with Crippen LogP contribution in [0.2, 0.25) is 0 Å². The first-order valence-corrected chi connectivity index (χ1v) is 11.7. The molecule has 9 heteroatoms. The smallest absolute Gasteiger partial charge is 0.173 e. The van der Waals surface area contributed by atoms with Gasteiger partial charge in [0.15, 0.2) is 5.84 Å². The number of nitrogens with zero attached hydrogens (tertiary/aromatic N) is 4. The molecular weight excluding hydrogens is 465 g/mol. The highest BCUT2D eigenvalue weighted by atomic mass is 35.5. The summed E-state index contributed by atoms with van der Waals surface area (Å²) in [7, 11) is 6.64. The molecule has 0 spiro atoms. The van der Waals surface area contributed by atoms with Gasteiger partial charge in [0.25, 0.3) is 0 Å². The summed E-state index contributed by atoms with van der Waals surface area (Å²) in [5.74, 6) is 12.5. The number of hydrogen-bond acceptors (Lipinski definition) is 6. The first-order chi connectivity index (χ1) is 16.1. The van der Waals surface area contributed by atoms with E-state index < -0.39 is 0 Å². The van der Waals surface area contributed by atoms with Gasteiger partial charge in [0.05, 0.1) is 11.6 Å². The van der Waals surface area contributed by atoms with Gasteiger partial charge >= 0.3 is 0 Å². The van der Waals surface area contributed by atoms with Crippen LogP contribution in [0.25, 0.3) is 11.1 Å². The van der Waals surface area contributed by atoms with Crippen LogP contribution < -0.4 is 17.4 Å². The third-order valence-electron chi connectivity index (χ3n) is 4.80. The highest BCUT2D eigenvalue weighted by molar-refractivity contribution is 7.22. The Hall–Kier alpha value is -2.70. The molecule has 2 rings (SSSR count). The second kappa shape index (κ2) is 14.5. The van der Waals surface area contributed by atoms with Crippen LogP contribution in [0.5, 0.6) is 0 Å². The molecule has 0 bridgehead atoms. The fourth-order valence-corrected chi connectivity index (χ4v) is 3.37. The molecule has 0 radical (unpaired) electrons. The lowest BCUT2D eigenvalue weighted by Gasteiger charge is -2.27. The first-order valence-electron chi connectivity index (χ1n) is 10.7. The molecule has 6 N–H and O–H groups in total. The maximum absolute atomic E-state index is 6.36. The van der Waals surface area contributed by atoms with E-state index in [1.165, 1.54) is 10.6 Å². The molecule has 0 aliphatic heterocycles. The third kappa shape index (κ3) is 8.58. The molecule has 1 heterocycles. The van der Waals surface area contributed by atoms with Crippen molar-refractivity contribution in [2.75, 3.05) is 19.8 Å². The zero-order valence-corrected chi connectivity index (χ0v) is 22.6. The van der Waals surface area contributed by atoms with Crippen LogP contribution >= 0.6 is 20.8 Å². The van der Waals surface area contributed by atoms with Crippen molar-refractivity contribution in [3.8, 4) is 11.1 Å². The van der Waals surface area contributed by atoms with Gasteiger partial charge < -0.3 is 16.5 Å². The Morgan fingerprint density at radius 1 is 1.26 bits per heavy atom. The van der Waals surface area contributed by atoms with Crippen molar-refractivity contribution in [2.45, 2.75) is 33.4 Å². The molecule has 2 unspecified atom stereocenters. The van der Waals surface area contributed by atoms with Crippen LogP contribution in [0.3, 0.4) is 0 Å². The molecule has 1 aromatic carbocycles. The number of hydrazine groups is 1. The van der Waals surface area contributed by atoms with Gasteiger partial charge in [-0.15, -0.1) is 9.24 Å². The minimum atomic E-state index is -0.343. The molecule has 0 saturated carbocycles. The Bertz CT molecular complexity index is 1030. The third-order valence-corrected chi connectivity index (χ3v) is 5.91. The van der Waals surface area contributed by atoms with Crippen LogP contribution in [0.15, 0.2) is 76.8 Å². The zero-order valence-electron chi connectivity index (χ0n) is 20.7. The molecule has 184 valence electrons. The van der Waals surface area contributed by atoms with Gasteiger partial charge in [0.2, 0.25) is 0 Å². The molecular formula is C25H37ClN7P. The number of nitrogen functional groups attached to an aromatic ring is 1. The summed E-state index contributed by atoms with van der Waals surface area (Å²) in [5, 5.41) is 6.72. The van der Waals surface area contributed by atoms with Crippen LogP contribution in [0, 0.1) is 0 Å². The minimum Gasteiger partial charge on any atom is -0.383 e. The maximum atomic E-state index is 6.36. The van der Waals surface area contributed by atoms with Crippen LogP contribution in [0.1, 0.15) is 31.9 Å². The van der Waals surface area contributed by atoms with Crippen LogP contribution in [0.4, 0.5) is 5.82 Å². The zero-order chi connectivity index (χ0) is 25.8. The molecule has 2 aromatic rings.